The van der Waals surface area contributed by atoms with Crippen LogP contribution in [0.25, 0.3) is 0 Å². The zero-order valence-corrected chi connectivity index (χ0v) is 11.8. The normalized spacial score (nSPS) is 18.0. The molecule has 0 bridgehead atoms. The van der Waals surface area contributed by atoms with Crippen LogP contribution in [0, 0.1) is 5.92 Å². The molecule has 0 aromatic heterocycles. The van der Waals surface area contributed by atoms with Crippen LogP contribution in [0.15, 0.2) is 24.3 Å². The van der Waals surface area contributed by atoms with Gasteiger partial charge in [-0.15, -0.1) is 0 Å². The van der Waals surface area contributed by atoms with E-state index in [1.54, 1.807) is 12.1 Å². The molecule has 1 unspecified atom stereocenters. The third-order valence-electron chi connectivity index (χ3n) is 3.55. The van der Waals surface area contributed by atoms with Gasteiger partial charge in [0.1, 0.15) is 5.75 Å². The van der Waals surface area contributed by atoms with Crippen molar-refractivity contribution in [2.24, 2.45) is 5.92 Å². The molecule has 0 radical (unpaired) electrons. The van der Waals surface area contributed by atoms with Crippen LogP contribution >= 0.6 is 0 Å². The summed E-state index contributed by atoms with van der Waals surface area (Å²) in [5.74, 6) is 0.697. The van der Waals surface area contributed by atoms with Crippen molar-refractivity contribution in [3.63, 3.8) is 0 Å². The number of carbonyl (C=O) groups is 1. The number of hydrogen-bond acceptors (Lipinski definition) is 3. The molecule has 0 spiro atoms. The van der Waals surface area contributed by atoms with E-state index in [2.05, 4.69) is 15.4 Å². The third-order valence-corrected chi connectivity index (χ3v) is 3.55. The van der Waals surface area contributed by atoms with Crippen molar-refractivity contribution in [3.05, 3.63) is 29.8 Å². The number of carbonyl (C=O) groups excluding carboxylic acids is 1. The molecule has 21 heavy (non-hydrogen) atoms. The fourth-order valence-corrected chi connectivity index (χ4v) is 2.41. The SMILES string of the molecule is O=C(Cc1ccc(OC(F)F)cc1)NCCC1CCNC1. The maximum absolute atomic E-state index is 12.0. The molecule has 1 amide bonds. The van der Waals surface area contributed by atoms with Crippen LogP contribution < -0.4 is 15.4 Å². The first-order valence-corrected chi connectivity index (χ1v) is 7.14. The Balaban J connectivity index is 1.69. The lowest BCUT2D eigenvalue weighted by atomic mass is 10.1. The molecule has 1 aromatic rings. The Morgan fingerprint density at radius 3 is 2.76 bits per heavy atom. The number of hydrogen-bond donors (Lipinski definition) is 2. The number of ether oxygens (including phenoxy) is 1. The highest BCUT2D eigenvalue weighted by Gasteiger charge is 2.14. The van der Waals surface area contributed by atoms with Crippen molar-refractivity contribution in [2.45, 2.75) is 25.9 Å². The van der Waals surface area contributed by atoms with E-state index in [-0.39, 0.29) is 18.1 Å². The molecule has 2 rings (SSSR count). The van der Waals surface area contributed by atoms with E-state index < -0.39 is 6.61 Å². The second-order valence-electron chi connectivity index (χ2n) is 5.20. The molecular formula is C15H20F2N2O2. The first-order chi connectivity index (χ1) is 10.1. The second kappa shape index (κ2) is 7.93. The zero-order valence-electron chi connectivity index (χ0n) is 11.8. The van der Waals surface area contributed by atoms with Gasteiger partial charge in [0.2, 0.25) is 5.91 Å². The third kappa shape index (κ3) is 5.67. The van der Waals surface area contributed by atoms with Crippen LogP contribution in [0.1, 0.15) is 18.4 Å². The van der Waals surface area contributed by atoms with Gasteiger partial charge in [-0.2, -0.15) is 8.78 Å². The highest BCUT2D eigenvalue weighted by Crippen LogP contribution is 2.15. The fraction of sp³-hybridized carbons (Fsp3) is 0.533. The van der Waals surface area contributed by atoms with Crippen molar-refractivity contribution < 1.29 is 18.3 Å². The number of rotatable bonds is 7. The van der Waals surface area contributed by atoms with E-state index in [1.807, 2.05) is 0 Å². The quantitative estimate of drug-likeness (QED) is 0.809. The Kier molecular flexibility index (Phi) is 5.92. The maximum atomic E-state index is 12.0. The smallest absolute Gasteiger partial charge is 0.387 e. The van der Waals surface area contributed by atoms with Gasteiger partial charge in [0.15, 0.2) is 0 Å². The number of amides is 1. The van der Waals surface area contributed by atoms with Crippen LogP contribution in [-0.2, 0) is 11.2 Å². The molecule has 1 aromatic carbocycles. The first kappa shape index (κ1) is 15.7. The minimum absolute atomic E-state index is 0.0523. The molecule has 1 atom stereocenters. The second-order valence-corrected chi connectivity index (χ2v) is 5.20. The molecule has 1 saturated heterocycles. The van der Waals surface area contributed by atoms with E-state index in [0.717, 1.165) is 25.1 Å². The van der Waals surface area contributed by atoms with Gasteiger partial charge in [-0.3, -0.25) is 4.79 Å². The molecule has 0 aliphatic carbocycles. The number of benzene rings is 1. The molecule has 4 nitrogen and oxygen atoms in total. The summed E-state index contributed by atoms with van der Waals surface area (Å²) in [6.45, 7) is -0.0607. The predicted molar refractivity (Wildman–Crippen MR) is 75.4 cm³/mol. The summed E-state index contributed by atoms with van der Waals surface area (Å²) in [4.78, 5) is 11.8. The van der Waals surface area contributed by atoms with Gasteiger partial charge in [0.25, 0.3) is 0 Å². The Morgan fingerprint density at radius 1 is 1.38 bits per heavy atom. The van der Waals surface area contributed by atoms with E-state index in [9.17, 15) is 13.6 Å². The summed E-state index contributed by atoms with van der Waals surface area (Å²) in [5, 5.41) is 6.18. The monoisotopic (exact) mass is 298 g/mol. The fourth-order valence-electron chi connectivity index (χ4n) is 2.41. The lowest BCUT2D eigenvalue weighted by molar-refractivity contribution is -0.120. The van der Waals surface area contributed by atoms with E-state index >= 15 is 0 Å². The Labute approximate surface area is 122 Å². The summed E-state index contributed by atoms with van der Waals surface area (Å²) in [7, 11) is 0. The highest BCUT2D eigenvalue weighted by atomic mass is 19.3. The van der Waals surface area contributed by atoms with Crippen LogP contribution in [0.3, 0.4) is 0 Å². The van der Waals surface area contributed by atoms with Gasteiger partial charge in [0.05, 0.1) is 6.42 Å². The van der Waals surface area contributed by atoms with Gasteiger partial charge >= 0.3 is 6.61 Å². The van der Waals surface area contributed by atoms with E-state index in [0.29, 0.717) is 12.5 Å². The number of alkyl halides is 2. The molecular weight excluding hydrogens is 278 g/mol. The number of nitrogens with one attached hydrogen (secondary N) is 2. The van der Waals surface area contributed by atoms with Gasteiger partial charge < -0.3 is 15.4 Å². The van der Waals surface area contributed by atoms with Crippen LogP contribution in [-0.4, -0.2) is 32.2 Å². The minimum atomic E-state index is -2.83. The highest BCUT2D eigenvalue weighted by molar-refractivity contribution is 5.78. The average molecular weight is 298 g/mol. The molecule has 1 heterocycles. The van der Waals surface area contributed by atoms with Crippen molar-refractivity contribution >= 4 is 5.91 Å². The summed E-state index contributed by atoms with van der Waals surface area (Å²) in [6, 6.07) is 6.13. The van der Waals surface area contributed by atoms with Gasteiger partial charge in [-0.05, 0) is 49.5 Å². The summed E-state index contributed by atoms with van der Waals surface area (Å²) in [5.41, 5.74) is 0.775. The topological polar surface area (TPSA) is 50.4 Å². The van der Waals surface area contributed by atoms with E-state index in [4.69, 9.17) is 0 Å². The first-order valence-electron chi connectivity index (χ1n) is 7.14. The molecule has 1 aliphatic heterocycles. The molecule has 1 aliphatic rings. The largest absolute Gasteiger partial charge is 0.435 e. The van der Waals surface area contributed by atoms with Crippen molar-refractivity contribution in [1.29, 1.82) is 0 Å². The summed E-state index contributed by atoms with van der Waals surface area (Å²) < 4.78 is 28.3. The van der Waals surface area contributed by atoms with Crippen molar-refractivity contribution in [3.8, 4) is 5.75 Å². The molecule has 116 valence electrons. The lowest BCUT2D eigenvalue weighted by Gasteiger charge is -2.10. The van der Waals surface area contributed by atoms with Gasteiger partial charge in [0, 0.05) is 6.54 Å². The molecule has 0 saturated carbocycles. The maximum Gasteiger partial charge on any atom is 0.387 e. The van der Waals surface area contributed by atoms with Crippen molar-refractivity contribution in [2.75, 3.05) is 19.6 Å². The van der Waals surface area contributed by atoms with Crippen LogP contribution in [0.5, 0.6) is 5.75 Å². The lowest BCUT2D eigenvalue weighted by Crippen LogP contribution is -2.27. The van der Waals surface area contributed by atoms with Crippen molar-refractivity contribution in [1.82, 2.24) is 10.6 Å². The predicted octanol–water partition coefficient (Wildman–Crippen LogP) is 1.95. The van der Waals surface area contributed by atoms with E-state index in [1.165, 1.54) is 18.6 Å². The molecule has 1 fully saturated rings. The minimum Gasteiger partial charge on any atom is -0.435 e. The molecule has 2 N–H and O–H groups in total. The molecule has 6 heteroatoms. The Bertz CT molecular complexity index is 445. The van der Waals surface area contributed by atoms with Crippen LogP contribution in [0.4, 0.5) is 8.78 Å². The Hall–Kier alpha value is -1.69. The van der Waals surface area contributed by atoms with Gasteiger partial charge in [-0.1, -0.05) is 12.1 Å². The summed E-state index contributed by atoms with van der Waals surface area (Å²) >= 11 is 0. The van der Waals surface area contributed by atoms with Crippen LogP contribution in [0.2, 0.25) is 0 Å². The average Bonchev–Trinajstić information content (AvgIpc) is 2.93. The standard InChI is InChI=1S/C15H20F2N2O2/c16-15(17)21-13-3-1-11(2-4-13)9-14(20)19-8-6-12-5-7-18-10-12/h1-4,12,15,18H,5-10H2,(H,19,20). The van der Waals surface area contributed by atoms with Gasteiger partial charge in [-0.25, -0.2) is 0 Å². The summed E-state index contributed by atoms with van der Waals surface area (Å²) in [6.07, 6.45) is 2.40. The number of halogens is 2. The zero-order chi connectivity index (χ0) is 15.1. The Morgan fingerprint density at radius 2 is 2.14 bits per heavy atom.